The highest BCUT2D eigenvalue weighted by atomic mass is 16.3. The van der Waals surface area contributed by atoms with Crippen molar-refractivity contribution in [3.05, 3.63) is 46.2 Å². The van der Waals surface area contributed by atoms with E-state index in [9.17, 15) is 9.90 Å². The molecule has 0 aliphatic heterocycles. The maximum absolute atomic E-state index is 11.9. The Labute approximate surface area is 107 Å². The lowest BCUT2D eigenvalue weighted by Crippen LogP contribution is -2.35. The van der Waals surface area contributed by atoms with Crippen LogP contribution in [-0.4, -0.2) is 9.67 Å². The van der Waals surface area contributed by atoms with Crippen molar-refractivity contribution in [1.82, 2.24) is 4.57 Å². The van der Waals surface area contributed by atoms with E-state index in [1.807, 2.05) is 18.2 Å². The molecule has 2 aromatic rings. The third-order valence-corrected chi connectivity index (χ3v) is 3.04. The Hall–Kier alpha value is -1.61. The van der Waals surface area contributed by atoms with Crippen molar-refractivity contribution in [2.75, 3.05) is 0 Å². The van der Waals surface area contributed by atoms with Gasteiger partial charge in [-0.1, -0.05) is 19.4 Å². The van der Waals surface area contributed by atoms with Gasteiger partial charge in [0.2, 0.25) is 0 Å². The van der Waals surface area contributed by atoms with Crippen LogP contribution in [0.1, 0.15) is 32.8 Å². The Kier molecular flexibility index (Phi) is 3.26. The first kappa shape index (κ1) is 12.8. The highest BCUT2D eigenvalue weighted by molar-refractivity contribution is 5.80. The van der Waals surface area contributed by atoms with Crippen molar-refractivity contribution >= 4 is 10.9 Å². The van der Waals surface area contributed by atoms with E-state index in [1.165, 1.54) is 16.2 Å². The van der Waals surface area contributed by atoms with Crippen LogP contribution in [0.3, 0.4) is 0 Å². The fraction of sp³-hybridized carbons (Fsp3) is 0.400. The van der Waals surface area contributed by atoms with Crippen LogP contribution in [0, 0.1) is 0 Å². The Morgan fingerprint density at radius 2 is 1.94 bits per heavy atom. The van der Waals surface area contributed by atoms with E-state index in [2.05, 4.69) is 13.0 Å². The zero-order valence-electron chi connectivity index (χ0n) is 11.1. The number of hydrogen-bond acceptors (Lipinski definition) is 2. The third kappa shape index (κ3) is 2.31. The van der Waals surface area contributed by atoms with Gasteiger partial charge < -0.3 is 5.11 Å². The molecule has 0 radical (unpaired) electrons. The van der Waals surface area contributed by atoms with Gasteiger partial charge in [-0.25, -0.2) is 0 Å². The normalized spacial score (nSPS) is 12.0. The summed E-state index contributed by atoms with van der Waals surface area (Å²) < 4.78 is 1.43. The average molecular weight is 245 g/mol. The maximum atomic E-state index is 11.9. The zero-order chi connectivity index (χ0) is 13.3. The molecule has 18 heavy (non-hydrogen) atoms. The molecule has 0 unspecified atom stereocenters. The molecule has 0 amide bonds. The second-order valence-electron chi connectivity index (χ2n) is 5.14. The van der Waals surface area contributed by atoms with Gasteiger partial charge in [-0.2, -0.15) is 0 Å². The summed E-state index contributed by atoms with van der Waals surface area (Å²) >= 11 is 0. The summed E-state index contributed by atoms with van der Waals surface area (Å²) in [6.07, 6.45) is 2.12. The molecule has 3 nitrogen and oxygen atoms in total. The number of aryl methyl sites for hydroxylation is 1. The fourth-order valence-corrected chi connectivity index (χ4v) is 2.30. The van der Waals surface area contributed by atoms with Crippen molar-refractivity contribution < 1.29 is 5.11 Å². The summed E-state index contributed by atoms with van der Waals surface area (Å²) in [4.78, 5) is 11.9. The number of rotatable bonds is 3. The molecule has 0 saturated heterocycles. The van der Waals surface area contributed by atoms with Gasteiger partial charge in [0.1, 0.15) is 5.72 Å². The molecule has 0 aliphatic rings. The molecule has 0 spiro atoms. The fourth-order valence-electron chi connectivity index (χ4n) is 2.30. The lowest BCUT2D eigenvalue weighted by atomic mass is 10.1. The van der Waals surface area contributed by atoms with Crippen LogP contribution in [0.25, 0.3) is 10.9 Å². The average Bonchev–Trinajstić information content (AvgIpc) is 2.28. The van der Waals surface area contributed by atoms with Crippen LogP contribution < -0.4 is 5.56 Å². The second kappa shape index (κ2) is 4.58. The van der Waals surface area contributed by atoms with Gasteiger partial charge in [0.05, 0.1) is 5.52 Å². The van der Waals surface area contributed by atoms with E-state index in [0.29, 0.717) is 0 Å². The van der Waals surface area contributed by atoms with Crippen molar-refractivity contribution in [3.8, 4) is 0 Å². The third-order valence-electron chi connectivity index (χ3n) is 3.04. The summed E-state index contributed by atoms with van der Waals surface area (Å²) in [5, 5.41) is 11.1. The van der Waals surface area contributed by atoms with Crippen LogP contribution in [0.4, 0.5) is 0 Å². The molecular weight excluding hydrogens is 226 g/mol. The van der Waals surface area contributed by atoms with Crippen LogP contribution in [-0.2, 0) is 12.1 Å². The Morgan fingerprint density at radius 1 is 1.22 bits per heavy atom. The Balaban J connectivity index is 2.71. The number of aliphatic hydroxyl groups is 1. The van der Waals surface area contributed by atoms with E-state index < -0.39 is 5.72 Å². The smallest absolute Gasteiger partial charge is 0.253 e. The molecule has 0 bridgehead atoms. The summed E-state index contributed by atoms with van der Waals surface area (Å²) in [7, 11) is 0. The van der Waals surface area contributed by atoms with E-state index in [0.717, 1.165) is 23.7 Å². The lowest BCUT2D eigenvalue weighted by Gasteiger charge is -2.23. The Morgan fingerprint density at radius 3 is 2.56 bits per heavy atom. The standard InChI is InChI=1S/C15H19NO2/c1-4-5-11-6-8-13-12(10-11)7-9-14(17)16(13)15(2,3)18/h6-10,18H,4-5H2,1-3H3. The van der Waals surface area contributed by atoms with Gasteiger partial charge in [-0.3, -0.25) is 9.36 Å². The monoisotopic (exact) mass is 245 g/mol. The van der Waals surface area contributed by atoms with Gasteiger partial charge >= 0.3 is 0 Å². The molecule has 2 rings (SSSR count). The first-order valence-electron chi connectivity index (χ1n) is 6.31. The van der Waals surface area contributed by atoms with Crippen molar-refractivity contribution in [1.29, 1.82) is 0 Å². The van der Waals surface area contributed by atoms with Crippen molar-refractivity contribution in [2.45, 2.75) is 39.3 Å². The Bertz CT molecular complexity index is 620. The maximum Gasteiger partial charge on any atom is 0.253 e. The van der Waals surface area contributed by atoms with Crippen LogP contribution in [0.5, 0.6) is 0 Å². The van der Waals surface area contributed by atoms with Crippen molar-refractivity contribution in [2.24, 2.45) is 0 Å². The minimum absolute atomic E-state index is 0.182. The SMILES string of the molecule is CCCc1ccc2c(ccc(=O)n2C(C)(C)O)c1. The first-order chi connectivity index (χ1) is 8.43. The minimum Gasteiger partial charge on any atom is -0.371 e. The molecule has 1 N–H and O–H groups in total. The topological polar surface area (TPSA) is 42.2 Å². The summed E-state index contributed by atoms with van der Waals surface area (Å²) in [5.41, 5.74) is 0.655. The van der Waals surface area contributed by atoms with E-state index in [4.69, 9.17) is 0 Å². The number of nitrogens with zero attached hydrogens (tertiary/aromatic N) is 1. The molecular formula is C15H19NO2. The van der Waals surface area contributed by atoms with Gasteiger partial charge in [-0.15, -0.1) is 0 Å². The van der Waals surface area contributed by atoms with Gasteiger partial charge in [0, 0.05) is 6.07 Å². The van der Waals surface area contributed by atoms with Gasteiger partial charge in [-0.05, 0) is 49.4 Å². The molecule has 0 atom stereocenters. The first-order valence-corrected chi connectivity index (χ1v) is 6.31. The summed E-state index contributed by atoms with van der Waals surface area (Å²) in [6, 6.07) is 9.35. The van der Waals surface area contributed by atoms with Crippen LogP contribution in [0.2, 0.25) is 0 Å². The van der Waals surface area contributed by atoms with Crippen molar-refractivity contribution in [3.63, 3.8) is 0 Å². The zero-order valence-corrected chi connectivity index (χ0v) is 11.1. The number of hydrogen-bond donors (Lipinski definition) is 1. The molecule has 1 aromatic carbocycles. The number of pyridine rings is 1. The van der Waals surface area contributed by atoms with Gasteiger partial charge in [0.25, 0.3) is 5.56 Å². The van der Waals surface area contributed by atoms with E-state index in [1.54, 1.807) is 13.8 Å². The van der Waals surface area contributed by atoms with Gasteiger partial charge in [0.15, 0.2) is 0 Å². The van der Waals surface area contributed by atoms with E-state index >= 15 is 0 Å². The molecule has 0 aliphatic carbocycles. The predicted octanol–water partition coefficient (Wildman–Crippen LogP) is 2.64. The number of aromatic nitrogens is 1. The van der Waals surface area contributed by atoms with Crippen LogP contribution >= 0.6 is 0 Å². The van der Waals surface area contributed by atoms with E-state index in [-0.39, 0.29) is 5.56 Å². The second-order valence-corrected chi connectivity index (χ2v) is 5.14. The molecule has 0 saturated carbocycles. The molecule has 1 heterocycles. The highest BCUT2D eigenvalue weighted by Crippen LogP contribution is 2.20. The number of benzene rings is 1. The van der Waals surface area contributed by atoms with Crippen LogP contribution in [0.15, 0.2) is 35.1 Å². The molecule has 1 aromatic heterocycles. The quantitative estimate of drug-likeness (QED) is 0.903. The number of fused-ring (bicyclic) bond motifs is 1. The largest absolute Gasteiger partial charge is 0.371 e. The molecule has 3 heteroatoms. The lowest BCUT2D eigenvalue weighted by molar-refractivity contribution is 0.00288. The summed E-state index contributed by atoms with van der Waals surface area (Å²) in [6.45, 7) is 5.38. The highest BCUT2D eigenvalue weighted by Gasteiger charge is 2.19. The molecule has 0 fully saturated rings. The minimum atomic E-state index is -1.19. The summed E-state index contributed by atoms with van der Waals surface area (Å²) in [5.74, 6) is 0. The predicted molar refractivity (Wildman–Crippen MR) is 73.7 cm³/mol. The molecule has 96 valence electrons.